The first-order valence-corrected chi connectivity index (χ1v) is 3.33. The summed E-state index contributed by atoms with van der Waals surface area (Å²) in [6.07, 6.45) is -3.09. The summed E-state index contributed by atoms with van der Waals surface area (Å²) in [5.41, 5.74) is 0. The Hall–Kier alpha value is -0.200. The maximum atomic E-state index is 9.07. The van der Waals surface area contributed by atoms with E-state index in [9.17, 15) is 0 Å². The van der Waals surface area contributed by atoms with Gasteiger partial charge in [0, 0.05) is 0 Å². The van der Waals surface area contributed by atoms with Crippen LogP contribution in [0.3, 0.4) is 0 Å². The highest BCUT2D eigenvalue weighted by molar-refractivity contribution is 4.72. The van der Waals surface area contributed by atoms with Crippen molar-refractivity contribution < 1.29 is 25.2 Å². The van der Waals surface area contributed by atoms with Crippen LogP contribution in [0.1, 0.15) is 6.92 Å². The molecule has 5 nitrogen and oxygen atoms in total. The number of hydrogen-bond donors (Lipinski definition) is 4. The Morgan fingerprint density at radius 1 is 1.27 bits per heavy atom. The monoisotopic (exact) mass is 166 g/mol. The minimum atomic E-state index is -1.17. The zero-order chi connectivity index (χ0) is 8.85. The van der Waals surface area contributed by atoms with Crippen molar-refractivity contribution in [2.75, 3.05) is 13.4 Å². The largest absolute Gasteiger partial charge is 0.394 e. The molecule has 0 spiro atoms. The van der Waals surface area contributed by atoms with E-state index in [0.717, 1.165) is 0 Å². The Morgan fingerprint density at radius 3 is 2.09 bits per heavy atom. The van der Waals surface area contributed by atoms with Gasteiger partial charge in [-0.3, -0.25) is 0 Å². The van der Waals surface area contributed by atoms with Crippen LogP contribution in [-0.2, 0) is 4.74 Å². The second-order valence-electron chi connectivity index (χ2n) is 2.25. The summed E-state index contributed by atoms with van der Waals surface area (Å²) in [4.78, 5) is 0. The predicted octanol–water partition coefficient (Wildman–Crippen LogP) is -1.94. The molecule has 11 heavy (non-hydrogen) atoms. The van der Waals surface area contributed by atoms with E-state index in [1.165, 1.54) is 6.92 Å². The average molecular weight is 166 g/mol. The Bertz CT molecular complexity index is 95.0. The van der Waals surface area contributed by atoms with Crippen LogP contribution in [0.5, 0.6) is 0 Å². The smallest absolute Gasteiger partial charge is 0.144 e. The highest BCUT2D eigenvalue weighted by atomic mass is 16.6. The molecule has 0 saturated heterocycles. The number of hydrogen-bond acceptors (Lipinski definition) is 5. The van der Waals surface area contributed by atoms with Crippen LogP contribution in [-0.4, -0.2) is 52.1 Å². The van der Waals surface area contributed by atoms with E-state index < -0.39 is 31.7 Å². The molecule has 0 aliphatic rings. The number of ether oxygens (including phenoxy) is 1. The van der Waals surface area contributed by atoms with Gasteiger partial charge >= 0.3 is 0 Å². The summed E-state index contributed by atoms with van der Waals surface area (Å²) in [6.45, 7) is 0.343. The standard InChI is InChI=1S/C6H14O5/c1-4(9)6(10)5(2-7)11-3-8/h4-10H,2-3H2,1H3/t4?,5-,6?/m0/s1. The molecule has 0 saturated carbocycles. The molecule has 0 radical (unpaired) electrons. The highest BCUT2D eigenvalue weighted by Crippen LogP contribution is 2.02. The van der Waals surface area contributed by atoms with Crippen LogP contribution in [0, 0.1) is 0 Å². The first-order valence-electron chi connectivity index (χ1n) is 3.33. The summed E-state index contributed by atoms with van der Waals surface area (Å²) < 4.78 is 4.51. The Labute approximate surface area is 64.9 Å². The maximum Gasteiger partial charge on any atom is 0.144 e. The van der Waals surface area contributed by atoms with Crippen LogP contribution >= 0.6 is 0 Å². The average Bonchev–Trinajstić information content (AvgIpc) is 1.98. The van der Waals surface area contributed by atoms with E-state index in [-0.39, 0.29) is 0 Å². The number of aliphatic hydroxyl groups is 4. The molecule has 4 N–H and O–H groups in total. The van der Waals surface area contributed by atoms with E-state index in [2.05, 4.69) is 4.74 Å². The zero-order valence-corrected chi connectivity index (χ0v) is 6.34. The molecule has 0 aromatic heterocycles. The summed E-state index contributed by atoms with van der Waals surface area (Å²) in [7, 11) is 0. The minimum Gasteiger partial charge on any atom is -0.394 e. The summed E-state index contributed by atoms with van der Waals surface area (Å²) in [5.74, 6) is 0. The van der Waals surface area contributed by atoms with Crippen molar-refractivity contribution in [2.24, 2.45) is 0 Å². The van der Waals surface area contributed by atoms with Gasteiger partial charge in [-0.05, 0) is 6.92 Å². The van der Waals surface area contributed by atoms with Crippen molar-refractivity contribution in [1.82, 2.24) is 0 Å². The summed E-state index contributed by atoms with van der Waals surface area (Å²) in [6, 6.07) is 0. The molecule has 0 rings (SSSR count). The SMILES string of the molecule is CC(O)C(O)[C@H](CO)OCO. The van der Waals surface area contributed by atoms with Crippen molar-refractivity contribution >= 4 is 0 Å². The topological polar surface area (TPSA) is 90.2 Å². The van der Waals surface area contributed by atoms with Gasteiger partial charge in [-0.15, -0.1) is 0 Å². The summed E-state index contributed by atoms with van der Waals surface area (Å²) >= 11 is 0. The fourth-order valence-electron chi connectivity index (χ4n) is 0.666. The molecule has 5 heteroatoms. The Balaban J connectivity index is 3.81. The van der Waals surface area contributed by atoms with Crippen LogP contribution in [0.25, 0.3) is 0 Å². The molecule has 0 bridgehead atoms. The lowest BCUT2D eigenvalue weighted by atomic mass is 10.1. The molecule has 0 amide bonds. The third-order valence-corrected chi connectivity index (χ3v) is 1.34. The van der Waals surface area contributed by atoms with Gasteiger partial charge in [0.15, 0.2) is 0 Å². The molecule has 2 unspecified atom stereocenters. The van der Waals surface area contributed by atoms with E-state index in [1.807, 2.05) is 0 Å². The van der Waals surface area contributed by atoms with Crippen LogP contribution in [0.2, 0.25) is 0 Å². The lowest BCUT2D eigenvalue weighted by Crippen LogP contribution is -2.40. The second kappa shape index (κ2) is 5.45. The van der Waals surface area contributed by atoms with Gasteiger partial charge in [-0.25, -0.2) is 0 Å². The van der Waals surface area contributed by atoms with Crippen molar-refractivity contribution in [3.05, 3.63) is 0 Å². The molecule has 0 aliphatic heterocycles. The maximum absolute atomic E-state index is 9.07. The van der Waals surface area contributed by atoms with Gasteiger partial charge in [0.1, 0.15) is 19.0 Å². The molecule has 3 atom stereocenters. The molecular weight excluding hydrogens is 152 g/mol. The lowest BCUT2D eigenvalue weighted by molar-refractivity contribution is -0.139. The normalized spacial score (nSPS) is 19.4. The fraction of sp³-hybridized carbons (Fsp3) is 1.00. The molecule has 0 aromatic carbocycles. The second-order valence-corrected chi connectivity index (χ2v) is 2.25. The molecule has 0 fully saturated rings. The van der Waals surface area contributed by atoms with Gasteiger partial charge in [0.2, 0.25) is 0 Å². The predicted molar refractivity (Wildman–Crippen MR) is 36.7 cm³/mol. The van der Waals surface area contributed by atoms with Crippen molar-refractivity contribution in [2.45, 2.75) is 25.2 Å². The zero-order valence-electron chi connectivity index (χ0n) is 6.34. The fourth-order valence-corrected chi connectivity index (χ4v) is 0.666. The van der Waals surface area contributed by atoms with E-state index in [0.29, 0.717) is 0 Å². The van der Waals surface area contributed by atoms with Crippen molar-refractivity contribution in [3.63, 3.8) is 0 Å². The van der Waals surface area contributed by atoms with Gasteiger partial charge in [-0.2, -0.15) is 0 Å². The lowest BCUT2D eigenvalue weighted by Gasteiger charge is -2.22. The first kappa shape index (κ1) is 10.8. The Kier molecular flexibility index (Phi) is 5.35. The van der Waals surface area contributed by atoms with Crippen molar-refractivity contribution in [3.8, 4) is 0 Å². The quantitative estimate of drug-likeness (QED) is 0.357. The van der Waals surface area contributed by atoms with Crippen LogP contribution < -0.4 is 0 Å². The third-order valence-electron chi connectivity index (χ3n) is 1.34. The number of rotatable bonds is 5. The van der Waals surface area contributed by atoms with Gasteiger partial charge in [-0.1, -0.05) is 0 Å². The number of aliphatic hydroxyl groups excluding tert-OH is 4. The molecule has 0 heterocycles. The molecular formula is C6H14O5. The molecule has 0 aliphatic carbocycles. The third kappa shape index (κ3) is 3.64. The molecule has 68 valence electrons. The van der Waals surface area contributed by atoms with Gasteiger partial charge in [0.05, 0.1) is 12.7 Å². The summed E-state index contributed by atoms with van der Waals surface area (Å²) in [5, 5.41) is 34.7. The van der Waals surface area contributed by atoms with Crippen LogP contribution in [0.15, 0.2) is 0 Å². The minimum absolute atomic E-state index is 0.438. The Morgan fingerprint density at radius 2 is 1.82 bits per heavy atom. The molecule has 0 aromatic rings. The highest BCUT2D eigenvalue weighted by Gasteiger charge is 2.22. The van der Waals surface area contributed by atoms with Gasteiger partial charge < -0.3 is 25.2 Å². The van der Waals surface area contributed by atoms with E-state index >= 15 is 0 Å². The van der Waals surface area contributed by atoms with Crippen molar-refractivity contribution in [1.29, 1.82) is 0 Å². The van der Waals surface area contributed by atoms with E-state index in [4.69, 9.17) is 20.4 Å². The van der Waals surface area contributed by atoms with E-state index in [1.54, 1.807) is 0 Å². The first-order chi connectivity index (χ1) is 5.13. The van der Waals surface area contributed by atoms with Gasteiger partial charge in [0.25, 0.3) is 0 Å². The van der Waals surface area contributed by atoms with Crippen LogP contribution in [0.4, 0.5) is 0 Å².